The van der Waals surface area contributed by atoms with E-state index < -0.39 is 0 Å². The predicted octanol–water partition coefficient (Wildman–Crippen LogP) is 11.0. The monoisotopic (exact) mass is 581 g/mol. The lowest BCUT2D eigenvalue weighted by molar-refractivity contribution is 0.589. The van der Waals surface area contributed by atoms with Gasteiger partial charge >= 0.3 is 0 Å². The Bertz CT molecular complexity index is 2140. The smallest absolute Gasteiger partial charge is 0.0971 e. The van der Waals surface area contributed by atoms with Crippen molar-refractivity contribution in [3.63, 3.8) is 0 Å². The normalized spacial score (nSPS) is 11.6. The first-order chi connectivity index (χ1) is 21.9. The van der Waals surface area contributed by atoms with E-state index in [1.165, 1.54) is 38.9 Å². The van der Waals surface area contributed by atoms with Crippen LogP contribution in [0, 0.1) is 6.92 Å². The highest BCUT2D eigenvalue weighted by molar-refractivity contribution is 6.04. The molecule has 5 aromatic carbocycles. The fourth-order valence-corrected chi connectivity index (χ4v) is 6.24. The molecule has 0 bridgehead atoms. The van der Waals surface area contributed by atoms with Crippen molar-refractivity contribution in [1.82, 2.24) is 15.0 Å². The van der Waals surface area contributed by atoms with Crippen LogP contribution in [0.15, 0.2) is 140 Å². The van der Waals surface area contributed by atoms with Crippen LogP contribution in [0.4, 0.5) is 0 Å². The minimum absolute atomic E-state index is 0.0471. The number of hydrogen-bond donors (Lipinski definition) is 0. The fourth-order valence-electron chi connectivity index (χ4n) is 6.24. The lowest BCUT2D eigenvalue weighted by Crippen LogP contribution is -2.11. The number of hydrogen-bond acceptors (Lipinski definition) is 3. The molecule has 0 saturated heterocycles. The summed E-state index contributed by atoms with van der Waals surface area (Å²) in [6.45, 7) is 8.92. The van der Waals surface area contributed by atoms with Gasteiger partial charge in [-0.1, -0.05) is 124 Å². The first-order valence-electron chi connectivity index (χ1n) is 15.4. The van der Waals surface area contributed by atoms with E-state index in [2.05, 4.69) is 149 Å². The second-order valence-corrected chi connectivity index (χ2v) is 12.6. The Morgan fingerprint density at radius 2 is 1.00 bits per heavy atom. The average molecular weight is 582 g/mol. The Hall–Kier alpha value is -5.41. The van der Waals surface area contributed by atoms with Crippen LogP contribution in [0.25, 0.3) is 66.8 Å². The van der Waals surface area contributed by atoms with E-state index in [0.717, 1.165) is 39.0 Å². The van der Waals surface area contributed by atoms with E-state index in [0.29, 0.717) is 0 Å². The van der Waals surface area contributed by atoms with Crippen molar-refractivity contribution in [3.05, 3.63) is 151 Å². The van der Waals surface area contributed by atoms with E-state index in [1.54, 1.807) is 12.4 Å². The van der Waals surface area contributed by atoms with Gasteiger partial charge in [0.05, 0.1) is 16.7 Å². The number of fused-ring (bicyclic) bond motifs is 1. The van der Waals surface area contributed by atoms with Gasteiger partial charge in [0.1, 0.15) is 0 Å². The average Bonchev–Trinajstić information content (AvgIpc) is 3.08. The SMILES string of the molecule is Cc1c(-c2ccccc2)ccc(-c2ccccc2)c1-c1ccc(-c2cccc(-c3cc(C(C)(C)C)ccn3)c2)c2nccnc12. The Kier molecular flexibility index (Phi) is 7.31. The van der Waals surface area contributed by atoms with Crippen LogP contribution in [0.1, 0.15) is 31.9 Å². The van der Waals surface area contributed by atoms with E-state index in [9.17, 15) is 0 Å². The maximum absolute atomic E-state index is 4.97. The molecule has 45 heavy (non-hydrogen) atoms. The van der Waals surface area contributed by atoms with Crippen LogP contribution >= 0.6 is 0 Å². The van der Waals surface area contributed by atoms with Crippen molar-refractivity contribution in [1.29, 1.82) is 0 Å². The van der Waals surface area contributed by atoms with Crippen LogP contribution < -0.4 is 0 Å². The summed E-state index contributed by atoms with van der Waals surface area (Å²) in [4.78, 5) is 14.6. The molecule has 0 aliphatic carbocycles. The molecule has 0 unspecified atom stereocenters. The third-order valence-electron chi connectivity index (χ3n) is 8.62. The second kappa shape index (κ2) is 11.6. The minimum Gasteiger partial charge on any atom is -0.256 e. The Labute approximate surface area is 265 Å². The van der Waals surface area contributed by atoms with Crippen LogP contribution in [-0.4, -0.2) is 15.0 Å². The predicted molar refractivity (Wildman–Crippen MR) is 188 cm³/mol. The molecule has 2 heterocycles. The van der Waals surface area contributed by atoms with Crippen LogP contribution in [0.5, 0.6) is 0 Å². The molecule has 3 nitrogen and oxygen atoms in total. The summed E-state index contributed by atoms with van der Waals surface area (Å²) in [5, 5.41) is 0. The molecule has 218 valence electrons. The molecule has 2 aromatic heterocycles. The molecule has 0 radical (unpaired) electrons. The van der Waals surface area contributed by atoms with Crippen molar-refractivity contribution >= 4 is 11.0 Å². The molecule has 0 aliphatic rings. The zero-order chi connectivity index (χ0) is 31.0. The van der Waals surface area contributed by atoms with Gasteiger partial charge in [-0.3, -0.25) is 15.0 Å². The molecule has 0 fully saturated rings. The highest BCUT2D eigenvalue weighted by Crippen LogP contribution is 2.43. The van der Waals surface area contributed by atoms with Gasteiger partial charge in [0.15, 0.2) is 0 Å². The first-order valence-corrected chi connectivity index (χ1v) is 15.4. The van der Waals surface area contributed by atoms with Gasteiger partial charge in [-0.05, 0) is 75.0 Å². The quantitative estimate of drug-likeness (QED) is 0.203. The van der Waals surface area contributed by atoms with E-state index in [-0.39, 0.29) is 5.41 Å². The number of rotatable bonds is 5. The summed E-state index contributed by atoms with van der Waals surface area (Å²) < 4.78 is 0. The highest BCUT2D eigenvalue weighted by atomic mass is 14.8. The van der Waals surface area contributed by atoms with Crippen LogP contribution in [0.2, 0.25) is 0 Å². The zero-order valence-electron chi connectivity index (χ0n) is 26.1. The molecular formula is C42H35N3. The molecule has 7 aromatic rings. The molecule has 0 saturated carbocycles. The fraction of sp³-hybridized carbons (Fsp3) is 0.119. The van der Waals surface area contributed by atoms with Gasteiger partial charge in [-0.2, -0.15) is 0 Å². The van der Waals surface area contributed by atoms with Gasteiger partial charge in [0.2, 0.25) is 0 Å². The van der Waals surface area contributed by atoms with Crippen molar-refractivity contribution in [2.24, 2.45) is 0 Å². The molecule has 3 heteroatoms. The maximum atomic E-state index is 4.97. The summed E-state index contributed by atoms with van der Waals surface area (Å²) in [5.74, 6) is 0. The first kappa shape index (κ1) is 28.4. The van der Waals surface area contributed by atoms with Gasteiger partial charge in [-0.15, -0.1) is 0 Å². The summed E-state index contributed by atoms with van der Waals surface area (Å²) in [5.41, 5.74) is 15.5. The molecule has 0 atom stereocenters. The Morgan fingerprint density at radius 1 is 0.444 bits per heavy atom. The molecule has 0 N–H and O–H groups in total. The van der Waals surface area contributed by atoms with Gasteiger partial charge < -0.3 is 0 Å². The third-order valence-corrected chi connectivity index (χ3v) is 8.62. The molecular weight excluding hydrogens is 546 g/mol. The molecule has 7 rings (SSSR count). The van der Waals surface area contributed by atoms with Crippen molar-refractivity contribution in [2.75, 3.05) is 0 Å². The third kappa shape index (κ3) is 5.42. The summed E-state index contributed by atoms with van der Waals surface area (Å²) in [7, 11) is 0. The lowest BCUT2D eigenvalue weighted by Gasteiger charge is -2.20. The summed E-state index contributed by atoms with van der Waals surface area (Å²) >= 11 is 0. The standard InChI is InChI=1S/C42H35N3/c1-28-34(29-12-7-5-8-13-29)18-19-35(30-14-9-6-10-15-30)39(28)37-21-20-36(40-41(37)45-25-24-44-40)31-16-11-17-32(26-31)38-27-33(22-23-43-38)42(2,3)4/h5-27H,1-4H3. The van der Waals surface area contributed by atoms with Gasteiger partial charge in [0, 0.05) is 35.3 Å². The molecule has 0 amide bonds. The largest absolute Gasteiger partial charge is 0.256 e. The van der Waals surface area contributed by atoms with Gasteiger partial charge in [-0.25, -0.2) is 0 Å². The Balaban J connectivity index is 1.42. The van der Waals surface area contributed by atoms with E-state index in [4.69, 9.17) is 15.0 Å². The maximum Gasteiger partial charge on any atom is 0.0971 e. The zero-order valence-corrected chi connectivity index (χ0v) is 26.1. The van der Waals surface area contributed by atoms with Crippen LogP contribution in [0.3, 0.4) is 0 Å². The Morgan fingerprint density at radius 3 is 1.69 bits per heavy atom. The number of pyridine rings is 1. The molecule has 0 spiro atoms. The van der Waals surface area contributed by atoms with Crippen molar-refractivity contribution in [3.8, 4) is 55.8 Å². The number of aromatic nitrogens is 3. The minimum atomic E-state index is 0.0471. The number of nitrogens with zero attached hydrogens (tertiary/aromatic N) is 3. The van der Waals surface area contributed by atoms with Crippen molar-refractivity contribution in [2.45, 2.75) is 33.1 Å². The van der Waals surface area contributed by atoms with Gasteiger partial charge in [0.25, 0.3) is 0 Å². The molecule has 0 aliphatic heterocycles. The topological polar surface area (TPSA) is 38.7 Å². The van der Waals surface area contributed by atoms with E-state index >= 15 is 0 Å². The highest BCUT2D eigenvalue weighted by Gasteiger charge is 2.20. The summed E-state index contributed by atoms with van der Waals surface area (Å²) in [6, 6.07) is 43.0. The van der Waals surface area contributed by atoms with Crippen molar-refractivity contribution < 1.29 is 0 Å². The van der Waals surface area contributed by atoms with E-state index in [1.807, 2.05) is 6.20 Å². The number of benzene rings is 5. The summed E-state index contributed by atoms with van der Waals surface area (Å²) in [6.07, 6.45) is 5.50. The van der Waals surface area contributed by atoms with Crippen LogP contribution in [-0.2, 0) is 5.41 Å². The second-order valence-electron chi connectivity index (χ2n) is 12.6. The lowest BCUT2D eigenvalue weighted by atomic mass is 9.85.